The van der Waals surface area contributed by atoms with Crippen LogP contribution < -0.4 is 5.32 Å². The van der Waals surface area contributed by atoms with Crippen molar-refractivity contribution in [3.63, 3.8) is 0 Å². The number of nitrogens with zero attached hydrogens (tertiary/aromatic N) is 1. The summed E-state index contributed by atoms with van der Waals surface area (Å²) in [7, 11) is 0. The largest absolute Gasteiger partial charge is 0.478 e. The summed E-state index contributed by atoms with van der Waals surface area (Å²) < 4.78 is 1.54. The van der Waals surface area contributed by atoms with Gasteiger partial charge in [-0.1, -0.05) is 31.9 Å². The van der Waals surface area contributed by atoms with Gasteiger partial charge in [0.25, 0.3) is 5.91 Å². The Morgan fingerprint density at radius 1 is 1.05 bits per heavy atom. The minimum Gasteiger partial charge on any atom is -0.478 e. The van der Waals surface area contributed by atoms with Crippen molar-refractivity contribution < 1.29 is 14.7 Å². The molecule has 0 spiro atoms. The maximum absolute atomic E-state index is 12.0. The van der Waals surface area contributed by atoms with Gasteiger partial charge >= 0.3 is 5.97 Å². The van der Waals surface area contributed by atoms with Crippen LogP contribution in [0.5, 0.6) is 0 Å². The predicted octanol–water partition coefficient (Wildman–Crippen LogP) is 3.56. The lowest BCUT2D eigenvalue weighted by Gasteiger charge is -2.06. The Morgan fingerprint density at radius 3 is 2.20 bits per heavy atom. The Labute approximate surface area is 131 Å². The first kappa shape index (κ1) is 14.7. The molecule has 0 aliphatic carbocycles. The smallest absolute Gasteiger partial charge is 0.337 e. The standard InChI is InChI=1S/C13H8Br2N2O3/c14-9-3-8(4-10(15)5-9)12(18)17-11-2-1-7(6-16-11)13(19)20/h1-6H,(H,19,20)(H,16,17,18). The summed E-state index contributed by atoms with van der Waals surface area (Å²) in [5.74, 6) is -1.11. The van der Waals surface area contributed by atoms with E-state index in [1.807, 2.05) is 6.07 Å². The molecule has 7 heteroatoms. The molecule has 0 aliphatic rings. The molecule has 0 saturated carbocycles. The van der Waals surface area contributed by atoms with E-state index < -0.39 is 5.97 Å². The van der Waals surface area contributed by atoms with E-state index in [4.69, 9.17) is 5.11 Å². The molecule has 1 heterocycles. The van der Waals surface area contributed by atoms with E-state index in [0.29, 0.717) is 5.56 Å². The van der Waals surface area contributed by atoms with Gasteiger partial charge in [-0.25, -0.2) is 9.78 Å². The van der Waals surface area contributed by atoms with Crippen LogP contribution in [0.1, 0.15) is 20.7 Å². The van der Waals surface area contributed by atoms with Crippen molar-refractivity contribution in [1.82, 2.24) is 4.98 Å². The number of hydrogen-bond donors (Lipinski definition) is 2. The maximum Gasteiger partial charge on any atom is 0.337 e. The van der Waals surface area contributed by atoms with Crippen LogP contribution in [0.2, 0.25) is 0 Å². The normalized spacial score (nSPS) is 10.1. The van der Waals surface area contributed by atoms with Crippen molar-refractivity contribution in [2.75, 3.05) is 5.32 Å². The van der Waals surface area contributed by atoms with Crippen LogP contribution in [0.15, 0.2) is 45.5 Å². The lowest BCUT2D eigenvalue weighted by Crippen LogP contribution is -2.13. The van der Waals surface area contributed by atoms with Crippen LogP contribution >= 0.6 is 31.9 Å². The van der Waals surface area contributed by atoms with Gasteiger partial charge in [0.05, 0.1) is 5.56 Å². The minimum atomic E-state index is -1.06. The number of aromatic carboxylic acids is 1. The molecule has 0 unspecified atom stereocenters. The zero-order valence-corrected chi connectivity index (χ0v) is 13.1. The van der Waals surface area contributed by atoms with Crippen molar-refractivity contribution in [2.24, 2.45) is 0 Å². The topological polar surface area (TPSA) is 79.3 Å². The molecule has 0 fully saturated rings. The van der Waals surface area contributed by atoms with E-state index in [1.54, 1.807) is 12.1 Å². The second-order valence-corrected chi connectivity index (χ2v) is 5.68. The van der Waals surface area contributed by atoms with E-state index >= 15 is 0 Å². The summed E-state index contributed by atoms with van der Waals surface area (Å²) in [4.78, 5) is 26.6. The van der Waals surface area contributed by atoms with Gasteiger partial charge in [0.15, 0.2) is 0 Å². The van der Waals surface area contributed by atoms with E-state index in [2.05, 4.69) is 42.2 Å². The number of carbonyl (C=O) groups excluding carboxylic acids is 1. The third-order valence-corrected chi connectivity index (χ3v) is 3.29. The van der Waals surface area contributed by atoms with Gasteiger partial charge in [-0.15, -0.1) is 0 Å². The number of hydrogen-bond acceptors (Lipinski definition) is 3. The fourth-order valence-electron chi connectivity index (χ4n) is 1.47. The fourth-order valence-corrected chi connectivity index (χ4v) is 2.76. The Balaban J connectivity index is 2.16. The fraction of sp³-hybridized carbons (Fsp3) is 0. The highest BCUT2D eigenvalue weighted by Gasteiger charge is 2.09. The molecule has 2 aromatic rings. The van der Waals surface area contributed by atoms with E-state index in [-0.39, 0.29) is 17.3 Å². The van der Waals surface area contributed by atoms with Gasteiger partial charge in [-0.2, -0.15) is 0 Å². The molecular formula is C13H8Br2N2O3. The molecule has 0 aliphatic heterocycles. The van der Waals surface area contributed by atoms with Crippen LogP contribution in [0.3, 0.4) is 0 Å². The molecule has 102 valence electrons. The van der Waals surface area contributed by atoms with Crippen LogP contribution in [0, 0.1) is 0 Å². The predicted molar refractivity (Wildman–Crippen MR) is 81.0 cm³/mol. The second kappa shape index (κ2) is 6.15. The van der Waals surface area contributed by atoms with Gasteiger partial charge < -0.3 is 10.4 Å². The molecule has 0 saturated heterocycles. The van der Waals surface area contributed by atoms with Gasteiger partial charge in [-0.05, 0) is 30.3 Å². The zero-order valence-electron chi connectivity index (χ0n) is 9.93. The van der Waals surface area contributed by atoms with Crippen molar-refractivity contribution in [2.45, 2.75) is 0 Å². The molecular weight excluding hydrogens is 392 g/mol. The number of pyridine rings is 1. The highest BCUT2D eigenvalue weighted by Crippen LogP contribution is 2.20. The van der Waals surface area contributed by atoms with Crippen LogP contribution in [0.4, 0.5) is 5.82 Å². The molecule has 1 aromatic heterocycles. The number of anilines is 1. The molecule has 0 radical (unpaired) electrons. The van der Waals surface area contributed by atoms with Gasteiger partial charge in [0.2, 0.25) is 0 Å². The average molecular weight is 400 g/mol. The second-order valence-electron chi connectivity index (χ2n) is 3.85. The Bertz CT molecular complexity index is 652. The number of aromatic nitrogens is 1. The van der Waals surface area contributed by atoms with E-state index in [1.165, 1.54) is 18.3 Å². The zero-order chi connectivity index (χ0) is 14.7. The Morgan fingerprint density at radius 2 is 1.70 bits per heavy atom. The summed E-state index contributed by atoms with van der Waals surface area (Å²) >= 11 is 6.60. The van der Waals surface area contributed by atoms with Gasteiger partial charge in [0.1, 0.15) is 5.82 Å². The molecule has 1 aromatic carbocycles. The number of halogens is 2. The van der Waals surface area contributed by atoms with E-state index in [0.717, 1.165) is 8.95 Å². The van der Waals surface area contributed by atoms with Crippen LogP contribution in [0.25, 0.3) is 0 Å². The Kier molecular flexibility index (Phi) is 4.51. The summed E-state index contributed by atoms with van der Waals surface area (Å²) in [5.41, 5.74) is 0.517. The van der Waals surface area contributed by atoms with Crippen LogP contribution in [-0.2, 0) is 0 Å². The number of carboxylic acids is 1. The number of amides is 1. The number of carbonyl (C=O) groups is 2. The summed E-state index contributed by atoms with van der Waals surface area (Å²) in [6, 6.07) is 7.98. The van der Waals surface area contributed by atoms with Crippen molar-refractivity contribution in [1.29, 1.82) is 0 Å². The number of carboxylic acid groups (broad SMARTS) is 1. The lowest BCUT2D eigenvalue weighted by molar-refractivity contribution is 0.0696. The van der Waals surface area contributed by atoms with Gasteiger partial charge in [0, 0.05) is 20.7 Å². The van der Waals surface area contributed by atoms with Crippen molar-refractivity contribution in [3.05, 3.63) is 56.6 Å². The first-order chi connectivity index (χ1) is 9.45. The quantitative estimate of drug-likeness (QED) is 0.826. The first-order valence-corrected chi connectivity index (χ1v) is 7.01. The number of nitrogens with one attached hydrogen (secondary N) is 1. The average Bonchev–Trinajstić information content (AvgIpc) is 2.38. The molecule has 0 bridgehead atoms. The van der Waals surface area contributed by atoms with Crippen molar-refractivity contribution in [3.8, 4) is 0 Å². The minimum absolute atomic E-state index is 0.0631. The summed E-state index contributed by atoms with van der Waals surface area (Å²) in [6.07, 6.45) is 1.19. The molecule has 0 atom stereocenters. The molecule has 5 nitrogen and oxygen atoms in total. The van der Waals surface area contributed by atoms with Crippen LogP contribution in [-0.4, -0.2) is 22.0 Å². The Hall–Kier alpha value is -1.73. The molecule has 2 rings (SSSR count). The number of benzene rings is 1. The third kappa shape index (κ3) is 3.64. The highest BCUT2D eigenvalue weighted by molar-refractivity contribution is 9.11. The van der Waals surface area contributed by atoms with Gasteiger partial charge in [-0.3, -0.25) is 4.79 Å². The molecule has 20 heavy (non-hydrogen) atoms. The molecule has 2 N–H and O–H groups in total. The maximum atomic E-state index is 12.0. The SMILES string of the molecule is O=C(O)c1ccc(NC(=O)c2cc(Br)cc(Br)c2)nc1. The lowest BCUT2D eigenvalue weighted by atomic mass is 10.2. The molecule has 1 amide bonds. The van der Waals surface area contributed by atoms with E-state index in [9.17, 15) is 9.59 Å². The third-order valence-electron chi connectivity index (χ3n) is 2.38. The highest BCUT2D eigenvalue weighted by atomic mass is 79.9. The van der Waals surface area contributed by atoms with Crippen molar-refractivity contribution >= 4 is 49.6 Å². The number of rotatable bonds is 3. The summed E-state index contributed by atoms with van der Waals surface area (Å²) in [5, 5.41) is 11.4. The first-order valence-electron chi connectivity index (χ1n) is 5.42. The summed E-state index contributed by atoms with van der Waals surface area (Å²) in [6.45, 7) is 0. The monoisotopic (exact) mass is 398 g/mol.